The molecule has 0 aromatic heterocycles. The van der Waals surface area contributed by atoms with Gasteiger partial charge < -0.3 is 25.6 Å². The first-order valence-corrected chi connectivity index (χ1v) is 12.9. The van der Waals surface area contributed by atoms with Gasteiger partial charge in [-0.2, -0.15) is 0 Å². The van der Waals surface area contributed by atoms with Gasteiger partial charge in [0.25, 0.3) is 0 Å². The van der Waals surface area contributed by atoms with Crippen molar-refractivity contribution in [3.05, 3.63) is 71.3 Å². The van der Waals surface area contributed by atoms with Gasteiger partial charge in [-0.25, -0.2) is 12.7 Å². The van der Waals surface area contributed by atoms with Crippen molar-refractivity contribution in [2.24, 2.45) is 0 Å². The Morgan fingerprint density at radius 1 is 1.12 bits per heavy atom. The third kappa shape index (κ3) is 4.42. The quantitative estimate of drug-likeness (QED) is 0.262. The fourth-order valence-corrected chi connectivity index (χ4v) is 5.17. The Morgan fingerprint density at radius 2 is 1.88 bits per heavy atom. The first kappa shape index (κ1) is 22.5. The van der Waals surface area contributed by atoms with Gasteiger partial charge in [-0.05, 0) is 70.6 Å². The number of hydrogen-bond donors (Lipinski definition) is 3. The molecule has 0 saturated heterocycles. The molecule has 8 nitrogen and oxygen atoms in total. The monoisotopic (exact) mass is 481 g/mol. The fourth-order valence-electron chi connectivity index (χ4n) is 4.43. The van der Waals surface area contributed by atoms with E-state index in [0.29, 0.717) is 36.7 Å². The summed E-state index contributed by atoms with van der Waals surface area (Å²) < 4.78 is 36.3. The lowest BCUT2D eigenvalue weighted by atomic mass is 10.1. The Labute approximate surface area is 199 Å². The van der Waals surface area contributed by atoms with Gasteiger partial charge >= 0.3 is 0 Å². The van der Waals surface area contributed by atoms with Crippen molar-refractivity contribution in [3.8, 4) is 22.6 Å². The molecule has 0 saturated carbocycles. The second kappa shape index (κ2) is 8.83. The van der Waals surface area contributed by atoms with Gasteiger partial charge in [-0.15, -0.1) is 0 Å². The lowest BCUT2D eigenvalue weighted by Crippen LogP contribution is -2.29. The Kier molecular flexibility index (Phi) is 5.85. The van der Waals surface area contributed by atoms with E-state index < -0.39 is 16.1 Å². The van der Waals surface area contributed by atoms with E-state index in [4.69, 9.17) is 15.2 Å². The molecule has 3 aromatic carbocycles. The summed E-state index contributed by atoms with van der Waals surface area (Å²) in [4.78, 5) is 0. The molecule has 1 atom stereocenters. The molecule has 0 spiro atoms. The van der Waals surface area contributed by atoms with Gasteiger partial charge in [-0.3, -0.25) is 0 Å². The normalized spacial score (nSPS) is 14.8. The van der Waals surface area contributed by atoms with Crippen LogP contribution in [0.1, 0.15) is 22.8 Å². The molecule has 1 aliphatic carbocycles. The first-order chi connectivity index (χ1) is 16.3. The Balaban J connectivity index is 1.12. The van der Waals surface area contributed by atoms with Crippen LogP contribution >= 0.6 is 0 Å². The molecule has 178 valence electrons. The molecule has 0 fully saturated rings. The maximum Gasteiger partial charge on any atom is 0.235 e. The highest BCUT2D eigenvalue weighted by molar-refractivity contribution is 7.92. The van der Waals surface area contributed by atoms with Gasteiger partial charge in [0.1, 0.15) is 18.1 Å². The van der Waals surface area contributed by atoms with Gasteiger partial charge in [0.05, 0.1) is 18.0 Å². The molecule has 1 aliphatic heterocycles. The van der Waals surface area contributed by atoms with E-state index in [1.165, 1.54) is 26.6 Å². The Morgan fingerprint density at radius 3 is 2.68 bits per heavy atom. The summed E-state index contributed by atoms with van der Waals surface area (Å²) in [5.74, 6) is 1.30. The second-order valence-electron chi connectivity index (χ2n) is 8.59. The zero-order valence-corrected chi connectivity index (χ0v) is 19.6. The predicted octanol–water partition coefficient (Wildman–Crippen LogP) is 2.66. The Hall–Kier alpha value is -3.27. The fraction of sp³-hybridized carbons (Fsp3) is 0.280. The highest BCUT2D eigenvalue weighted by atomic mass is 32.2. The van der Waals surface area contributed by atoms with Crippen LogP contribution in [0.15, 0.2) is 54.6 Å². The second-order valence-corrected chi connectivity index (χ2v) is 10.5. The molecule has 0 radical (unpaired) electrons. The lowest BCUT2D eigenvalue weighted by Gasteiger charge is -2.16. The summed E-state index contributed by atoms with van der Waals surface area (Å²) in [6, 6.07) is 17.2. The van der Waals surface area contributed by atoms with Crippen LogP contribution in [0, 0.1) is 0 Å². The Bertz CT molecular complexity index is 1340. The molecule has 1 unspecified atom stereocenters. The van der Waals surface area contributed by atoms with Crippen LogP contribution in [-0.2, 0) is 16.4 Å². The zero-order valence-electron chi connectivity index (χ0n) is 18.8. The van der Waals surface area contributed by atoms with E-state index in [1.807, 2.05) is 18.2 Å². The van der Waals surface area contributed by atoms with Crippen molar-refractivity contribution < 1.29 is 23.0 Å². The molecule has 5 rings (SSSR count). The van der Waals surface area contributed by atoms with E-state index in [1.54, 1.807) is 18.2 Å². The van der Waals surface area contributed by atoms with Gasteiger partial charge in [0.15, 0.2) is 6.73 Å². The summed E-state index contributed by atoms with van der Waals surface area (Å²) in [7, 11) is -3.44. The average molecular weight is 482 g/mol. The third-order valence-corrected chi connectivity index (χ3v) is 7.24. The van der Waals surface area contributed by atoms with Crippen molar-refractivity contribution in [3.63, 3.8) is 0 Å². The lowest BCUT2D eigenvalue weighted by molar-refractivity contribution is 0.172. The van der Waals surface area contributed by atoms with Crippen molar-refractivity contribution in [2.45, 2.75) is 12.5 Å². The molecule has 0 bridgehead atoms. The summed E-state index contributed by atoms with van der Waals surface area (Å²) in [6.45, 7) is 1.26. The topological polar surface area (TPSA) is 114 Å². The van der Waals surface area contributed by atoms with Crippen molar-refractivity contribution in [1.29, 1.82) is 0 Å². The van der Waals surface area contributed by atoms with E-state index in [0.717, 1.165) is 24.1 Å². The minimum Gasteiger partial charge on any atom is -0.492 e. The molecule has 2 aliphatic rings. The number of fused-ring (bicyclic) bond motifs is 4. The van der Waals surface area contributed by atoms with Crippen molar-refractivity contribution >= 4 is 21.4 Å². The van der Waals surface area contributed by atoms with Gasteiger partial charge in [0, 0.05) is 18.8 Å². The molecule has 9 heteroatoms. The van der Waals surface area contributed by atoms with Crippen LogP contribution in [0.25, 0.3) is 11.1 Å². The molecule has 3 aromatic rings. The van der Waals surface area contributed by atoms with Crippen molar-refractivity contribution in [2.75, 3.05) is 42.7 Å². The van der Waals surface area contributed by atoms with Crippen LogP contribution in [-0.4, -0.2) is 46.2 Å². The molecule has 34 heavy (non-hydrogen) atoms. The first-order valence-electron chi connectivity index (χ1n) is 11.1. The smallest absolute Gasteiger partial charge is 0.235 e. The number of ether oxygens (including phenoxy) is 2. The highest BCUT2D eigenvalue weighted by Crippen LogP contribution is 2.39. The molecule has 0 amide bonds. The number of aliphatic hydroxyl groups excluding tert-OH is 1. The largest absolute Gasteiger partial charge is 0.492 e. The molecular weight excluding hydrogens is 454 g/mol. The van der Waals surface area contributed by atoms with Crippen LogP contribution in [0.5, 0.6) is 11.5 Å². The molecule has 4 N–H and O–H groups in total. The van der Waals surface area contributed by atoms with E-state index in [-0.39, 0.29) is 6.73 Å². The highest BCUT2D eigenvalue weighted by Gasteiger charge is 2.28. The number of nitrogen functional groups attached to an aromatic ring is 1. The van der Waals surface area contributed by atoms with E-state index in [9.17, 15) is 13.5 Å². The number of nitrogens with two attached hydrogens (primary N) is 1. The number of nitrogens with zero attached hydrogens (tertiary/aromatic N) is 1. The summed E-state index contributed by atoms with van der Waals surface area (Å²) in [5, 5.41) is 13.7. The number of anilines is 2. The minimum absolute atomic E-state index is 0.0495. The number of aliphatic hydroxyl groups is 1. The number of sulfonamides is 1. The summed E-state index contributed by atoms with van der Waals surface area (Å²) in [5.41, 5.74) is 12.7. The number of hydrogen-bond acceptors (Lipinski definition) is 7. The average Bonchev–Trinajstić information content (AvgIpc) is 3.38. The van der Waals surface area contributed by atoms with Crippen LogP contribution < -0.4 is 24.8 Å². The summed E-state index contributed by atoms with van der Waals surface area (Å²) in [6.07, 6.45) is 1.18. The van der Waals surface area contributed by atoms with E-state index in [2.05, 4.69) is 23.5 Å². The van der Waals surface area contributed by atoms with Crippen molar-refractivity contribution in [1.82, 2.24) is 5.32 Å². The minimum atomic E-state index is -3.44. The van der Waals surface area contributed by atoms with Gasteiger partial charge in [0.2, 0.25) is 10.0 Å². The number of nitrogens with one attached hydrogen (secondary N) is 1. The number of benzene rings is 3. The SMILES string of the molecule is CS(=O)(=O)N1COc2ccc(C(O)CNCCOc3ccc4c(c3)Cc3cc(N)ccc3-4)cc21. The zero-order chi connectivity index (χ0) is 23.9. The summed E-state index contributed by atoms with van der Waals surface area (Å²) >= 11 is 0. The maximum atomic E-state index is 11.9. The predicted molar refractivity (Wildman–Crippen MR) is 132 cm³/mol. The molecular formula is C25H27N3O5S. The van der Waals surface area contributed by atoms with Gasteiger partial charge in [-0.1, -0.05) is 18.2 Å². The van der Waals surface area contributed by atoms with Crippen LogP contribution in [0.4, 0.5) is 11.4 Å². The van der Waals surface area contributed by atoms with Crippen LogP contribution in [0.2, 0.25) is 0 Å². The van der Waals surface area contributed by atoms with E-state index >= 15 is 0 Å². The molecule has 1 heterocycles. The standard InChI is InChI=1S/C25H27N3O5S/c1-34(30,31)28-15-33-25-7-2-16(13-23(25)28)24(29)14-27-8-9-32-20-4-6-22-18(12-20)10-17-11-19(26)3-5-21(17)22/h2-7,11-13,24,27,29H,8-10,14-15,26H2,1H3. The maximum absolute atomic E-state index is 11.9. The van der Waals surface area contributed by atoms with Crippen LogP contribution in [0.3, 0.4) is 0 Å². The number of rotatable bonds is 8. The third-order valence-electron chi connectivity index (χ3n) is 6.14.